The zero-order valence-electron chi connectivity index (χ0n) is 15.6. The number of alkyl carbamates (subject to hydrolysis) is 1. The number of hydrogen-bond acceptors (Lipinski definition) is 4. The lowest BCUT2D eigenvalue weighted by atomic mass is 9.98. The van der Waals surface area contributed by atoms with E-state index >= 15 is 0 Å². The van der Waals surface area contributed by atoms with E-state index in [1.807, 2.05) is 12.1 Å². The van der Waals surface area contributed by atoms with E-state index in [1.165, 1.54) is 22.3 Å². The van der Waals surface area contributed by atoms with Crippen LogP contribution in [0.4, 0.5) is 4.79 Å². The van der Waals surface area contributed by atoms with Gasteiger partial charge >= 0.3 is 6.09 Å². The van der Waals surface area contributed by atoms with E-state index in [9.17, 15) is 4.79 Å². The lowest BCUT2D eigenvalue weighted by molar-refractivity contribution is 0.141. The summed E-state index contributed by atoms with van der Waals surface area (Å²) >= 11 is 8.73. The van der Waals surface area contributed by atoms with Gasteiger partial charge in [0, 0.05) is 12.5 Å². The van der Waals surface area contributed by atoms with Crippen LogP contribution < -0.4 is 5.32 Å². The molecule has 0 radical (unpaired) electrons. The van der Waals surface area contributed by atoms with Crippen molar-refractivity contribution >= 4 is 31.4 Å². The molecule has 1 aliphatic rings. The highest BCUT2D eigenvalue weighted by Crippen LogP contribution is 2.44. The molecule has 0 bridgehead atoms. The first-order valence-corrected chi connectivity index (χ1v) is 10.7. The molecule has 2 unspecified atom stereocenters. The van der Waals surface area contributed by atoms with Gasteiger partial charge in [0.25, 0.3) is 0 Å². The molecule has 144 valence electrons. The Balaban J connectivity index is 1.58. The van der Waals surface area contributed by atoms with E-state index in [2.05, 4.69) is 73.9 Å². The minimum Gasteiger partial charge on any atom is -0.449 e. The number of carbonyl (C=O) groups is 1. The molecule has 1 aliphatic carbocycles. The third-order valence-electron chi connectivity index (χ3n) is 5.18. The summed E-state index contributed by atoms with van der Waals surface area (Å²) in [6.45, 7) is 3.09. The number of amides is 1. The number of benzene rings is 2. The highest BCUT2D eigenvalue weighted by atomic mass is 32.1. The van der Waals surface area contributed by atoms with Crippen LogP contribution >= 0.6 is 25.3 Å². The molecule has 3 rings (SSSR count). The van der Waals surface area contributed by atoms with Gasteiger partial charge in [0.1, 0.15) is 6.61 Å². The molecule has 5 heteroatoms. The number of fused-ring (bicyclic) bond motifs is 3. The predicted octanol–water partition coefficient (Wildman–Crippen LogP) is 5.03. The Kier molecular flexibility index (Phi) is 7.13. The van der Waals surface area contributed by atoms with Crippen LogP contribution in [0.15, 0.2) is 48.5 Å². The van der Waals surface area contributed by atoms with Crippen molar-refractivity contribution in [1.82, 2.24) is 5.32 Å². The van der Waals surface area contributed by atoms with Crippen LogP contribution in [0, 0.1) is 11.8 Å². The average molecular weight is 402 g/mol. The Morgan fingerprint density at radius 2 is 1.63 bits per heavy atom. The highest BCUT2D eigenvalue weighted by Gasteiger charge is 2.29. The van der Waals surface area contributed by atoms with Crippen LogP contribution in [-0.2, 0) is 4.74 Å². The first kappa shape index (κ1) is 20.2. The quantitative estimate of drug-likeness (QED) is 0.543. The van der Waals surface area contributed by atoms with Crippen molar-refractivity contribution in [2.45, 2.75) is 19.3 Å². The normalized spacial score (nSPS) is 14.9. The maximum Gasteiger partial charge on any atom is 0.407 e. The zero-order chi connectivity index (χ0) is 19.2. The zero-order valence-corrected chi connectivity index (χ0v) is 17.4. The van der Waals surface area contributed by atoms with E-state index in [4.69, 9.17) is 4.74 Å². The number of ether oxygens (including phenoxy) is 1. The summed E-state index contributed by atoms with van der Waals surface area (Å²) in [6, 6.07) is 16.7. The lowest BCUT2D eigenvalue weighted by Crippen LogP contribution is -2.32. The SMILES string of the molecule is CC(CS)CC(CS)CNC(=O)OCC1c2ccccc2-c2ccccc21. The summed E-state index contributed by atoms with van der Waals surface area (Å²) in [5.74, 6) is 2.51. The van der Waals surface area contributed by atoms with Gasteiger partial charge in [-0.1, -0.05) is 55.5 Å². The van der Waals surface area contributed by atoms with Crippen molar-refractivity contribution in [1.29, 1.82) is 0 Å². The van der Waals surface area contributed by atoms with E-state index in [0.29, 0.717) is 25.0 Å². The van der Waals surface area contributed by atoms with Crippen molar-refractivity contribution in [2.75, 3.05) is 24.7 Å². The second-order valence-corrected chi connectivity index (χ2v) is 8.01. The second-order valence-electron chi connectivity index (χ2n) is 7.28. The molecule has 2 aromatic carbocycles. The molecule has 0 fully saturated rings. The molecule has 1 amide bonds. The van der Waals surface area contributed by atoms with Crippen LogP contribution in [0.1, 0.15) is 30.4 Å². The Bertz CT molecular complexity index is 735. The van der Waals surface area contributed by atoms with E-state index in [1.54, 1.807) is 0 Å². The lowest BCUT2D eigenvalue weighted by Gasteiger charge is -2.19. The summed E-state index contributed by atoms with van der Waals surface area (Å²) < 4.78 is 5.58. The van der Waals surface area contributed by atoms with Gasteiger partial charge in [-0.25, -0.2) is 4.79 Å². The number of nitrogens with one attached hydrogen (secondary N) is 1. The first-order valence-electron chi connectivity index (χ1n) is 9.44. The van der Waals surface area contributed by atoms with Crippen molar-refractivity contribution < 1.29 is 9.53 Å². The van der Waals surface area contributed by atoms with Gasteiger partial charge in [-0.15, -0.1) is 0 Å². The molecule has 1 N–H and O–H groups in total. The van der Waals surface area contributed by atoms with E-state index in [0.717, 1.165) is 17.9 Å². The van der Waals surface area contributed by atoms with Gasteiger partial charge in [-0.2, -0.15) is 25.3 Å². The summed E-state index contributed by atoms with van der Waals surface area (Å²) in [7, 11) is 0. The molecule has 0 saturated carbocycles. The molecular formula is C22H27NO2S2. The molecule has 0 aliphatic heterocycles. The van der Waals surface area contributed by atoms with E-state index in [-0.39, 0.29) is 12.0 Å². The highest BCUT2D eigenvalue weighted by molar-refractivity contribution is 7.80. The number of thiol groups is 2. The monoisotopic (exact) mass is 401 g/mol. The Hall–Kier alpha value is -1.59. The fourth-order valence-corrected chi connectivity index (χ4v) is 4.17. The van der Waals surface area contributed by atoms with Gasteiger partial charge in [0.2, 0.25) is 0 Å². The van der Waals surface area contributed by atoms with Gasteiger partial charge in [0.15, 0.2) is 0 Å². The smallest absolute Gasteiger partial charge is 0.407 e. The van der Waals surface area contributed by atoms with Crippen molar-refractivity contribution in [3.05, 3.63) is 59.7 Å². The van der Waals surface area contributed by atoms with Crippen LogP contribution in [0.2, 0.25) is 0 Å². The predicted molar refractivity (Wildman–Crippen MR) is 118 cm³/mol. The Labute approximate surface area is 172 Å². The molecule has 3 nitrogen and oxygen atoms in total. The third kappa shape index (κ3) is 4.82. The molecule has 0 aromatic heterocycles. The van der Waals surface area contributed by atoms with Gasteiger partial charge in [-0.3, -0.25) is 0 Å². The van der Waals surface area contributed by atoms with Crippen LogP contribution in [0.3, 0.4) is 0 Å². The fourth-order valence-electron chi connectivity index (χ4n) is 3.74. The summed E-state index contributed by atoms with van der Waals surface area (Å²) in [6.07, 6.45) is 0.638. The van der Waals surface area contributed by atoms with Crippen LogP contribution in [-0.4, -0.2) is 30.8 Å². The second kappa shape index (κ2) is 9.56. The standard InChI is InChI=1S/C22H27NO2S2/c1-15(13-26)10-16(14-27)11-23-22(24)25-12-21-19-8-4-2-6-17(19)18-7-3-5-9-20(18)21/h2-9,15-16,21,26-27H,10-14H2,1H3,(H,23,24). The molecule has 2 atom stereocenters. The maximum absolute atomic E-state index is 12.2. The molecule has 27 heavy (non-hydrogen) atoms. The van der Waals surface area contributed by atoms with E-state index < -0.39 is 0 Å². The summed E-state index contributed by atoms with van der Waals surface area (Å²) in [5, 5.41) is 2.90. The number of carbonyl (C=O) groups excluding carboxylic acids is 1. The molecule has 0 heterocycles. The largest absolute Gasteiger partial charge is 0.449 e. The van der Waals surface area contributed by atoms with Crippen LogP contribution in [0.5, 0.6) is 0 Å². The minimum absolute atomic E-state index is 0.0908. The Morgan fingerprint density at radius 3 is 2.19 bits per heavy atom. The van der Waals surface area contributed by atoms with Gasteiger partial charge < -0.3 is 10.1 Å². The number of hydrogen-bond donors (Lipinski definition) is 3. The average Bonchev–Trinajstić information content (AvgIpc) is 3.03. The molecule has 2 aromatic rings. The number of rotatable bonds is 8. The maximum atomic E-state index is 12.2. The molecule has 0 spiro atoms. The summed E-state index contributed by atoms with van der Waals surface area (Å²) in [4.78, 5) is 12.2. The van der Waals surface area contributed by atoms with Crippen molar-refractivity contribution in [3.63, 3.8) is 0 Å². The Morgan fingerprint density at radius 1 is 1.04 bits per heavy atom. The molecule has 0 saturated heterocycles. The van der Waals surface area contributed by atoms with Crippen molar-refractivity contribution in [3.8, 4) is 11.1 Å². The van der Waals surface area contributed by atoms with Gasteiger partial charge in [-0.05, 0) is 52.0 Å². The fraction of sp³-hybridized carbons (Fsp3) is 0.409. The van der Waals surface area contributed by atoms with Crippen molar-refractivity contribution in [2.24, 2.45) is 11.8 Å². The molecular weight excluding hydrogens is 374 g/mol. The van der Waals surface area contributed by atoms with Gasteiger partial charge in [0.05, 0.1) is 0 Å². The minimum atomic E-state index is -0.359. The first-order chi connectivity index (χ1) is 13.1. The van der Waals surface area contributed by atoms with Crippen LogP contribution in [0.25, 0.3) is 11.1 Å². The third-order valence-corrected chi connectivity index (χ3v) is 6.32. The topological polar surface area (TPSA) is 38.3 Å². The summed E-state index contributed by atoms with van der Waals surface area (Å²) in [5.41, 5.74) is 4.92.